The highest BCUT2D eigenvalue weighted by Crippen LogP contribution is 2.17. The lowest BCUT2D eigenvalue weighted by molar-refractivity contribution is -0.953. The second-order valence-corrected chi connectivity index (χ2v) is 3.50. The summed E-state index contributed by atoms with van der Waals surface area (Å²) in [6, 6.07) is 0.693. The van der Waals surface area contributed by atoms with E-state index in [1.807, 2.05) is 0 Å². The first kappa shape index (κ1) is 9.01. The Bertz CT molecular complexity index is 121. The van der Waals surface area contributed by atoms with Crippen molar-refractivity contribution in [3.63, 3.8) is 0 Å². The van der Waals surface area contributed by atoms with Gasteiger partial charge >= 0.3 is 0 Å². The monoisotopic (exact) mass is 158 g/mol. The molecule has 1 saturated heterocycles. The van der Waals surface area contributed by atoms with Crippen molar-refractivity contribution < 1.29 is 9.22 Å². The van der Waals surface area contributed by atoms with Gasteiger partial charge in [-0.3, -0.25) is 0 Å². The summed E-state index contributed by atoms with van der Waals surface area (Å²) in [4.78, 5) is 0. The second kappa shape index (κ2) is 3.55. The molecule has 1 heterocycles. The van der Waals surface area contributed by atoms with Gasteiger partial charge in [-0.1, -0.05) is 0 Å². The summed E-state index contributed by atoms with van der Waals surface area (Å²) in [5.74, 6) is 0. The van der Waals surface area contributed by atoms with Gasteiger partial charge in [0.25, 0.3) is 0 Å². The van der Waals surface area contributed by atoms with Crippen molar-refractivity contribution in [2.75, 3.05) is 32.8 Å². The minimum absolute atomic E-state index is 0.693. The van der Waals surface area contributed by atoms with Crippen LogP contribution in [0.2, 0.25) is 0 Å². The normalized spacial score (nSPS) is 30.3. The molecule has 0 aromatic heterocycles. The van der Waals surface area contributed by atoms with E-state index in [1.165, 1.54) is 24.1 Å². The van der Waals surface area contributed by atoms with Crippen LogP contribution < -0.4 is 0 Å². The molecule has 0 N–H and O–H groups in total. The molecule has 0 aromatic rings. The van der Waals surface area contributed by atoms with Gasteiger partial charge in [-0.15, -0.1) is 0 Å². The lowest BCUT2D eigenvalue weighted by Crippen LogP contribution is -2.60. The predicted molar refractivity (Wildman–Crippen MR) is 46.5 cm³/mol. The summed E-state index contributed by atoms with van der Waals surface area (Å²) >= 11 is 0. The SMILES string of the molecule is CC[N+]1(CC)CCOCC1C. The second-order valence-electron chi connectivity index (χ2n) is 3.50. The van der Waals surface area contributed by atoms with Crippen molar-refractivity contribution in [2.45, 2.75) is 26.8 Å². The highest BCUT2D eigenvalue weighted by Gasteiger charge is 2.33. The van der Waals surface area contributed by atoms with E-state index in [1.54, 1.807) is 0 Å². The molecule has 1 atom stereocenters. The zero-order chi connectivity index (χ0) is 8.32. The predicted octanol–water partition coefficient (Wildman–Crippen LogP) is 1.26. The number of morpholine rings is 1. The van der Waals surface area contributed by atoms with E-state index >= 15 is 0 Å². The van der Waals surface area contributed by atoms with Gasteiger partial charge in [0.15, 0.2) is 0 Å². The maximum absolute atomic E-state index is 5.43. The smallest absolute Gasteiger partial charge is 0.110 e. The van der Waals surface area contributed by atoms with Gasteiger partial charge in [0.05, 0.1) is 26.3 Å². The molecule has 0 aromatic carbocycles. The Kier molecular flexibility index (Phi) is 2.90. The topological polar surface area (TPSA) is 9.23 Å². The number of nitrogens with zero attached hydrogens (tertiary/aromatic N) is 1. The maximum Gasteiger partial charge on any atom is 0.110 e. The summed E-state index contributed by atoms with van der Waals surface area (Å²) in [6.07, 6.45) is 0. The Hall–Kier alpha value is -0.0800. The fourth-order valence-corrected chi connectivity index (χ4v) is 2.04. The molecule has 2 heteroatoms. The number of likely N-dealkylation sites (N-methyl/N-ethyl adjacent to an activating group) is 1. The summed E-state index contributed by atoms with van der Waals surface area (Å²) in [7, 11) is 0. The van der Waals surface area contributed by atoms with Crippen LogP contribution in [0.15, 0.2) is 0 Å². The number of quaternary nitrogens is 1. The Labute approximate surface area is 69.7 Å². The van der Waals surface area contributed by atoms with E-state index in [0.717, 1.165) is 13.2 Å². The van der Waals surface area contributed by atoms with Crippen LogP contribution in [-0.2, 0) is 4.74 Å². The molecule has 0 saturated carbocycles. The van der Waals surface area contributed by atoms with E-state index in [2.05, 4.69) is 20.8 Å². The third-order valence-electron chi connectivity index (χ3n) is 3.23. The fraction of sp³-hybridized carbons (Fsp3) is 1.00. The first-order valence-electron chi connectivity index (χ1n) is 4.68. The largest absolute Gasteiger partial charge is 0.369 e. The van der Waals surface area contributed by atoms with Crippen LogP contribution in [0.3, 0.4) is 0 Å². The van der Waals surface area contributed by atoms with E-state index < -0.39 is 0 Å². The van der Waals surface area contributed by atoms with Gasteiger partial charge in [0.1, 0.15) is 12.6 Å². The molecule has 0 bridgehead atoms. The van der Waals surface area contributed by atoms with Crippen LogP contribution >= 0.6 is 0 Å². The zero-order valence-electron chi connectivity index (χ0n) is 7.97. The molecule has 0 radical (unpaired) electrons. The van der Waals surface area contributed by atoms with E-state index in [4.69, 9.17) is 4.74 Å². The van der Waals surface area contributed by atoms with Gasteiger partial charge in [0, 0.05) is 0 Å². The number of rotatable bonds is 2. The maximum atomic E-state index is 5.43. The lowest BCUT2D eigenvalue weighted by atomic mass is 10.2. The molecular formula is C9H20NO+. The summed E-state index contributed by atoms with van der Waals surface area (Å²) in [6.45, 7) is 12.5. The molecule has 0 amide bonds. The van der Waals surface area contributed by atoms with Gasteiger partial charge in [-0.05, 0) is 20.8 Å². The van der Waals surface area contributed by atoms with Crippen molar-refractivity contribution in [1.82, 2.24) is 0 Å². The molecule has 1 aliphatic rings. The highest BCUT2D eigenvalue weighted by atomic mass is 16.5. The standard InChI is InChI=1S/C9H20NO/c1-4-10(5-2)6-7-11-8-9(10)3/h9H,4-8H2,1-3H3/q+1. The summed E-state index contributed by atoms with van der Waals surface area (Å²) in [5.41, 5.74) is 0. The van der Waals surface area contributed by atoms with Crippen LogP contribution in [0.25, 0.3) is 0 Å². The molecule has 1 aliphatic heterocycles. The molecule has 1 rings (SSSR count). The van der Waals surface area contributed by atoms with Crippen molar-refractivity contribution in [3.05, 3.63) is 0 Å². The number of ether oxygens (including phenoxy) is 1. The third-order valence-corrected chi connectivity index (χ3v) is 3.23. The van der Waals surface area contributed by atoms with Crippen LogP contribution in [0.5, 0.6) is 0 Å². The fourth-order valence-electron chi connectivity index (χ4n) is 2.04. The van der Waals surface area contributed by atoms with E-state index in [0.29, 0.717) is 6.04 Å². The van der Waals surface area contributed by atoms with Crippen LogP contribution in [0.4, 0.5) is 0 Å². The minimum Gasteiger partial charge on any atom is -0.369 e. The molecule has 1 fully saturated rings. The quantitative estimate of drug-likeness (QED) is 0.550. The van der Waals surface area contributed by atoms with Gasteiger partial charge in [-0.25, -0.2) is 0 Å². The Morgan fingerprint density at radius 3 is 2.36 bits per heavy atom. The van der Waals surface area contributed by atoms with Crippen LogP contribution in [-0.4, -0.2) is 43.4 Å². The molecule has 0 spiro atoms. The van der Waals surface area contributed by atoms with E-state index in [-0.39, 0.29) is 0 Å². The Morgan fingerprint density at radius 1 is 1.36 bits per heavy atom. The summed E-state index contributed by atoms with van der Waals surface area (Å²) < 4.78 is 6.68. The third kappa shape index (κ3) is 1.57. The molecule has 66 valence electrons. The Morgan fingerprint density at radius 2 is 2.00 bits per heavy atom. The molecule has 11 heavy (non-hydrogen) atoms. The molecule has 1 unspecified atom stereocenters. The average molecular weight is 158 g/mol. The average Bonchev–Trinajstić information content (AvgIpc) is 2.06. The van der Waals surface area contributed by atoms with Gasteiger partial charge in [-0.2, -0.15) is 0 Å². The number of hydrogen-bond donors (Lipinski definition) is 0. The minimum atomic E-state index is 0.693. The summed E-state index contributed by atoms with van der Waals surface area (Å²) in [5, 5.41) is 0. The van der Waals surface area contributed by atoms with Gasteiger partial charge < -0.3 is 9.22 Å². The van der Waals surface area contributed by atoms with Crippen molar-refractivity contribution in [2.24, 2.45) is 0 Å². The lowest BCUT2D eigenvalue weighted by Gasteiger charge is -2.44. The van der Waals surface area contributed by atoms with Crippen LogP contribution in [0.1, 0.15) is 20.8 Å². The van der Waals surface area contributed by atoms with Crippen molar-refractivity contribution in [1.29, 1.82) is 0 Å². The van der Waals surface area contributed by atoms with Gasteiger partial charge in [0.2, 0.25) is 0 Å². The molecular weight excluding hydrogens is 138 g/mol. The highest BCUT2D eigenvalue weighted by molar-refractivity contribution is 4.57. The van der Waals surface area contributed by atoms with Crippen molar-refractivity contribution >= 4 is 0 Å². The van der Waals surface area contributed by atoms with Crippen LogP contribution in [0, 0.1) is 0 Å². The number of hydrogen-bond acceptors (Lipinski definition) is 1. The molecule has 0 aliphatic carbocycles. The zero-order valence-corrected chi connectivity index (χ0v) is 7.97. The first-order chi connectivity index (χ1) is 5.25. The molecule has 2 nitrogen and oxygen atoms in total. The first-order valence-corrected chi connectivity index (χ1v) is 4.68. The van der Waals surface area contributed by atoms with Crippen molar-refractivity contribution in [3.8, 4) is 0 Å². The Balaban J connectivity index is 2.61. The van der Waals surface area contributed by atoms with E-state index in [9.17, 15) is 0 Å².